The molecule has 0 aliphatic carbocycles. The number of methoxy groups -OCH3 is 1. The highest BCUT2D eigenvalue weighted by atomic mass is 16.5. The average Bonchev–Trinajstić information content (AvgIpc) is 2.34. The van der Waals surface area contributed by atoms with E-state index in [1.165, 1.54) is 16.8 Å². The Labute approximate surface area is 106 Å². The minimum atomic E-state index is -0.668. The van der Waals surface area contributed by atoms with Crippen LogP contribution in [0.25, 0.3) is 0 Å². The van der Waals surface area contributed by atoms with E-state index in [-0.39, 0.29) is 24.4 Å². The lowest BCUT2D eigenvalue weighted by atomic mass is 9.96. The molecule has 1 rings (SSSR count). The molecule has 0 aromatic carbocycles. The van der Waals surface area contributed by atoms with Crippen molar-refractivity contribution in [2.45, 2.75) is 39.0 Å². The van der Waals surface area contributed by atoms with E-state index in [1.807, 2.05) is 13.8 Å². The van der Waals surface area contributed by atoms with Gasteiger partial charge in [-0.1, -0.05) is 13.8 Å². The first-order valence-corrected chi connectivity index (χ1v) is 6.03. The molecule has 0 fully saturated rings. The van der Waals surface area contributed by atoms with Gasteiger partial charge < -0.3 is 15.6 Å². The molecular weight excluding hydrogens is 234 g/mol. The molecule has 0 radical (unpaired) electrons. The van der Waals surface area contributed by atoms with Gasteiger partial charge in [0.25, 0.3) is 0 Å². The largest absolute Gasteiger partial charge is 0.391 e. The van der Waals surface area contributed by atoms with Crippen molar-refractivity contribution in [3.05, 3.63) is 22.7 Å². The van der Waals surface area contributed by atoms with Crippen molar-refractivity contribution in [2.24, 2.45) is 5.92 Å². The Morgan fingerprint density at radius 1 is 1.61 bits per heavy atom. The average molecular weight is 255 g/mol. The summed E-state index contributed by atoms with van der Waals surface area (Å²) in [6.07, 6.45) is 1.65. The number of nitrogens with two attached hydrogens (primary N) is 1. The van der Waals surface area contributed by atoms with Crippen molar-refractivity contribution in [2.75, 3.05) is 12.8 Å². The van der Waals surface area contributed by atoms with Gasteiger partial charge in [0.1, 0.15) is 5.82 Å². The van der Waals surface area contributed by atoms with E-state index in [4.69, 9.17) is 10.5 Å². The smallest absolute Gasteiger partial charge is 0.349 e. The number of hydrogen-bond acceptors (Lipinski definition) is 5. The zero-order valence-corrected chi connectivity index (χ0v) is 11.0. The molecule has 18 heavy (non-hydrogen) atoms. The van der Waals surface area contributed by atoms with Crippen molar-refractivity contribution < 1.29 is 9.84 Å². The van der Waals surface area contributed by atoms with E-state index in [0.29, 0.717) is 0 Å². The van der Waals surface area contributed by atoms with Crippen LogP contribution in [0.15, 0.2) is 17.1 Å². The van der Waals surface area contributed by atoms with Crippen LogP contribution in [0.4, 0.5) is 5.82 Å². The molecule has 102 valence electrons. The summed E-state index contributed by atoms with van der Waals surface area (Å²) in [6, 6.07) is 1.53. The van der Waals surface area contributed by atoms with Crippen LogP contribution in [0.5, 0.6) is 0 Å². The molecule has 1 heterocycles. The van der Waals surface area contributed by atoms with Gasteiger partial charge in [-0.15, -0.1) is 0 Å². The Morgan fingerprint density at radius 3 is 2.78 bits per heavy atom. The SMILES string of the molecule is CCC(OC)C(C)C(O)Cn1ccc(N)nc1=O. The van der Waals surface area contributed by atoms with Gasteiger partial charge >= 0.3 is 5.69 Å². The molecule has 0 aliphatic heterocycles. The number of nitrogens with zero attached hydrogens (tertiary/aromatic N) is 2. The lowest BCUT2D eigenvalue weighted by molar-refractivity contribution is -0.0139. The minimum Gasteiger partial charge on any atom is -0.391 e. The van der Waals surface area contributed by atoms with E-state index < -0.39 is 11.8 Å². The first kappa shape index (κ1) is 14.7. The number of aromatic nitrogens is 2. The number of rotatable bonds is 6. The van der Waals surface area contributed by atoms with Crippen LogP contribution >= 0.6 is 0 Å². The number of nitrogen functional groups attached to an aromatic ring is 1. The molecule has 0 aliphatic rings. The summed E-state index contributed by atoms with van der Waals surface area (Å²) in [5.41, 5.74) is 4.95. The third-order valence-corrected chi connectivity index (χ3v) is 3.18. The molecule has 6 nitrogen and oxygen atoms in total. The fraction of sp³-hybridized carbons (Fsp3) is 0.667. The Bertz CT molecular complexity index is 429. The van der Waals surface area contributed by atoms with Crippen LogP contribution < -0.4 is 11.4 Å². The van der Waals surface area contributed by atoms with Gasteiger partial charge in [0.15, 0.2) is 0 Å². The molecule has 3 unspecified atom stereocenters. The fourth-order valence-corrected chi connectivity index (χ4v) is 1.95. The summed E-state index contributed by atoms with van der Waals surface area (Å²) < 4.78 is 6.63. The second-order valence-corrected chi connectivity index (χ2v) is 4.40. The van der Waals surface area contributed by atoms with Crippen molar-refractivity contribution in [3.63, 3.8) is 0 Å². The van der Waals surface area contributed by atoms with Gasteiger partial charge in [-0.3, -0.25) is 4.57 Å². The topological polar surface area (TPSA) is 90.4 Å². The van der Waals surface area contributed by atoms with Gasteiger partial charge in [0.2, 0.25) is 0 Å². The van der Waals surface area contributed by atoms with E-state index in [0.717, 1.165) is 6.42 Å². The minimum absolute atomic E-state index is 0.0301. The second kappa shape index (κ2) is 6.51. The van der Waals surface area contributed by atoms with E-state index >= 15 is 0 Å². The molecule has 6 heteroatoms. The van der Waals surface area contributed by atoms with Crippen LogP contribution in [0.3, 0.4) is 0 Å². The highest BCUT2D eigenvalue weighted by Gasteiger charge is 2.23. The molecule has 3 atom stereocenters. The second-order valence-electron chi connectivity index (χ2n) is 4.40. The van der Waals surface area contributed by atoms with Crippen molar-refractivity contribution in [3.8, 4) is 0 Å². The zero-order chi connectivity index (χ0) is 13.7. The summed E-state index contributed by atoms with van der Waals surface area (Å²) in [6.45, 7) is 4.08. The maximum Gasteiger partial charge on any atom is 0.349 e. The molecular formula is C12H21N3O3. The van der Waals surface area contributed by atoms with Gasteiger partial charge in [-0.2, -0.15) is 4.98 Å². The third-order valence-electron chi connectivity index (χ3n) is 3.18. The van der Waals surface area contributed by atoms with Crippen LogP contribution in [-0.4, -0.2) is 34.0 Å². The fourth-order valence-electron chi connectivity index (χ4n) is 1.95. The predicted octanol–water partition coefficient (Wildman–Crippen LogP) is 0.247. The summed E-state index contributed by atoms with van der Waals surface area (Å²) in [4.78, 5) is 15.2. The summed E-state index contributed by atoms with van der Waals surface area (Å²) in [7, 11) is 1.62. The Kier molecular flexibility index (Phi) is 5.30. The van der Waals surface area contributed by atoms with Crippen molar-refractivity contribution in [1.29, 1.82) is 0 Å². The van der Waals surface area contributed by atoms with Gasteiger partial charge in [0, 0.05) is 19.2 Å². The normalized spacial score (nSPS) is 16.2. The first-order valence-electron chi connectivity index (χ1n) is 6.03. The highest BCUT2D eigenvalue weighted by Crippen LogP contribution is 2.15. The predicted molar refractivity (Wildman–Crippen MR) is 69.2 cm³/mol. The van der Waals surface area contributed by atoms with Crippen LogP contribution in [0.2, 0.25) is 0 Å². The number of anilines is 1. The molecule has 0 bridgehead atoms. The number of aliphatic hydroxyl groups is 1. The van der Waals surface area contributed by atoms with Crippen molar-refractivity contribution in [1.82, 2.24) is 9.55 Å². The number of hydrogen-bond donors (Lipinski definition) is 2. The molecule has 3 N–H and O–H groups in total. The Morgan fingerprint density at radius 2 is 2.28 bits per heavy atom. The Hall–Kier alpha value is -1.40. The first-order chi connectivity index (χ1) is 8.49. The lowest BCUT2D eigenvalue weighted by Gasteiger charge is -2.26. The maximum absolute atomic E-state index is 11.5. The van der Waals surface area contributed by atoms with Gasteiger partial charge in [0.05, 0.1) is 18.8 Å². The standard InChI is InChI=1S/C12H21N3O3/c1-4-10(18-3)8(2)9(16)7-15-6-5-11(13)14-12(15)17/h5-6,8-10,16H,4,7H2,1-3H3,(H2,13,14,17). The van der Waals surface area contributed by atoms with Gasteiger partial charge in [-0.05, 0) is 12.5 Å². The Balaban J connectivity index is 2.74. The maximum atomic E-state index is 11.5. The van der Waals surface area contributed by atoms with Gasteiger partial charge in [-0.25, -0.2) is 4.79 Å². The van der Waals surface area contributed by atoms with E-state index in [2.05, 4.69) is 4.98 Å². The summed E-state index contributed by atoms with van der Waals surface area (Å²) in [5, 5.41) is 10.1. The highest BCUT2D eigenvalue weighted by molar-refractivity contribution is 5.23. The van der Waals surface area contributed by atoms with Crippen LogP contribution in [-0.2, 0) is 11.3 Å². The molecule has 0 saturated heterocycles. The monoisotopic (exact) mass is 255 g/mol. The van der Waals surface area contributed by atoms with E-state index in [1.54, 1.807) is 7.11 Å². The summed E-state index contributed by atoms with van der Waals surface area (Å²) in [5.74, 6) is 0.117. The third kappa shape index (κ3) is 3.54. The molecule has 1 aromatic rings. The molecule has 0 saturated carbocycles. The zero-order valence-electron chi connectivity index (χ0n) is 11.0. The van der Waals surface area contributed by atoms with Crippen LogP contribution in [0, 0.1) is 5.92 Å². The van der Waals surface area contributed by atoms with E-state index in [9.17, 15) is 9.90 Å². The molecule has 0 amide bonds. The lowest BCUT2D eigenvalue weighted by Crippen LogP contribution is -2.36. The molecule has 1 aromatic heterocycles. The quantitative estimate of drug-likeness (QED) is 0.760. The number of aliphatic hydroxyl groups excluding tert-OH is 1. The van der Waals surface area contributed by atoms with Crippen LogP contribution in [0.1, 0.15) is 20.3 Å². The van der Waals surface area contributed by atoms with Crippen molar-refractivity contribution >= 4 is 5.82 Å². The molecule has 0 spiro atoms. The summed E-state index contributed by atoms with van der Waals surface area (Å²) >= 11 is 0. The number of ether oxygens (including phenoxy) is 1.